The number of nitrogens with zero attached hydrogens (tertiary/aromatic N) is 3. The van der Waals surface area contributed by atoms with Gasteiger partial charge in [0.2, 0.25) is 5.91 Å². The zero-order chi connectivity index (χ0) is 23.9. The first kappa shape index (κ1) is 21.9. The predicted molar refractivity (Wildman–Crippen MR) is 128 cm³/mol. The minimum Gasteiger partial charge on any atom is -0.396 e. The van der Waals surface area contributed by atoms with E-state index in [1.165, 1.54) is 6.07 Å². The van der Waals surface area contributed by atoms with Gasteiger partial charge in [0.15, 0.2) is 0 Å². The molecule has 9 nitrogen and oxygen atoms in total. The van der Waals surface area contributed by atoms with Gasteiger partial charge in [-0.25, -0.2) is 4.98 Å². The van der Waals surface area contributed by atoms with E-state index < -0.39 is 11.3 Å². The lowest BCUT2D eigenvalue weighted by Gasteiger charge is -2.20. The van der Waals surface area contributed by atoms with Crippen molar-refractivity contribution in [3.8, 4) is 22.5 Å². The van der Waals surface area contributed by atoms with Crippen molar-refractivity contribution in [2.24, 2.45) is 11.1 Å². The number of rotatable bonds is 4. The summed E-state index contributed by atoms with van der Waals surface area (Å²) < 4.78 is 0. The van der Waals surface area contributed by atoms with Crippen molar-refractivity contribution >= 4 is 34.1 Å². The van der Waals surface area contributed by atoms with Gasteiger partial charge in [0, 0.05) is 28.1 Å². The molecule has 9 heteroatoms. The van der Waals surface area contributed by atoms with Crippen molar-refractivity contribution in [2.75, 3.05) is 11.1 Å². The van der Waals surface area contributed by atoms with Gasteiger partial charge in [-0.3, -0.25) is 19.7 Å². The number of carbonyl (C=O) groups is 2. The molecule has 6 N–H and O–H groups in total. The first-order chi connectivity index (χ1) is 15.6. The third-order valence-electron chi connectivity index (χ3n) is 5.42. The van der Waals surface area contributed by atoms with Gasteiger partial charge in [-0.05, 0) is 30.7 Å². The highest BCUT2D eigenvalue weighted by molar-refractivity contribution is 6.06. The summed E-state index contributed by atoms with van der Waals surface area (Å²) in [5.41, 5.74) is 16.1. The fourth-order valence-electron chi connectivity index (χ4n) is 3.56. The number of hydrogen-bond donors (Lipinski definition) is 4. The summed E-state index contributed by atoms with van der Waals surface area (Å²) in [4.78, 5) is 33.9. The van der Waals surface area contributed by atoms with E-state index in [0.29, 0.717) is 22.6 Å². The molecule has 0 aliphatic heterocycles. The number of amides is 2. The number of nitrogens with one attached hydrogen (secondary N) is 2. The highest BCUT2D eigenvalue weighted by Crippen LogP contribution is 2.38. The molecule has 0 radical (unpaired) electrons. The van der Waals surface area contributed by atoms with Gasteiger partial charge in [-0.15, -0.1) is 0 Å². The number of carbonyl (C=O) groups excluding carboxylic acids is 2. The summed E-state index contributed by atoms with van der Waals surface area (Å²) in [6, 6.07) is 7.10. The van der Waals surface area contributed by atoms with E-state index in [2.05, 4.69) is 20.5 Å². The Balaban J connectivity index is 1.97. The van der Waals surface area contributed by atoms with E-state index in [1.54, 1.807) is 24.7 Å². The Morgan fingerprint density at radius 3 is 2.58 bits per heavy atom. The van der Waals surface area contributed by atoms with Crippen LogP contribution in [0.2, 0.25) is 0 Å². The maximum atomic E-state index is 12.6. The molecule has 0 saturated carbocycles. The molecule has 1 aromatic carbocycles. The second kappa shape index (κ2) is 8.01. The molecule has 0 aliphatic carbocycles. The lowest BCUT2D eigenvalue weighted by Crippen LogP contribution is -2.28. The van der Waals surface area contributed by atoms with Crippen molar-refractivity contribution in [1.82, 2.24) is 20.2 Å². The Kier molecular flexibility index (Phi) is 5.33. The van der Waals surface area contributed by atoms with Crippen LogP contribution in [0, 0.1) is 12.3 Å². The Labute approximate surface area is 190 Å². The molecular weight excluding hydrogens is 418 g/mol. The third kappa shape index (κ3) is 4.00. The molecule has 4 rings (SSSR count). The molecule has 168 valence electrons. The SMILES string of the molecule is Cc1ccc2[nH]ncc2c1-c1nc(-c2ccncc2NC(=O)C(C)(C)C)cc(C(N)=O)c1N. The number of aryl methyl sites for hydroxylation is 1. The predicted octanol–water partition coefficient (Wildman–Crippen LogP) is 3.66. The van der Waals surface area contributed by atoms with Gasteiger partial charge in [-0.2, -0.15) is 5.10 Å². The number of H-pyrrole nitrogens is 1. The van der Waals surface area contributed by atoms with E-state index in [9.17, 15) is 9.59 Å². The van der Waals surface area contributed by atoms with Crippen molar-refractivity contribution in [1.29, 1.82) is 0 Å². The van der Waals surface area contributed by atoms with Crippen LogP contribution in [0.5, 0.6) is 0 Å². The highest BCUT2D eigenvalue weighted by atomic mass is 16.2. The zero-order valence-corrected chi connectivity index (χ0v) is 18.9. The average Bonchev–Trinajstić information content (AvgIpc) is 3.22. The number of aromatic nitrogens is 4. The van der Waals surface area contributed by atoms with E-state index in [-0.39, 0.29) is 17.2 Å². The van der Waals surface area contributed by atoms with Crippen LogP contribution in [0.3, 0.4) is 0 Å². The largest absolute Gasteiger partial charge is 0.396 e. The van der Waals surface area contributed by atoms with Crippen LogP contribution in [0.4, 0.5) is 11.4 Å². The maximum absolute atomic E-state index is 12.6. The van der Waals surface area contributed by atoms with Gasteiger partial charge < -0.3 is 16.8 Å². The molecule has 0 atom stereocenters. The van der Waals surface area contributed by atoms with Crippen LogP contribution in [0.15, 0.2) is 42.9 Å². The third-order valence-corrected chi connectivity index (χ3v) is 5.42. The van der Waals surface area contributed by atoms with Gasteiger partial charge >= 0.3 is 0 Å². The monoisotopic (exact) mass is 443 g/mol. The second-order valence-electron chi connectivity index (χ2n) is 8.90. The Morgan fingerprint density at radius 2 is 1.88 bits per heavy atom. The molecule has 2 amide bonds. The minimum absolute atomic E-state index is 0.139. The number of primary amides is 1. The number of anilines is 2. The molecule has 0 spiro atoms. The topological polar surface area (TPSA) is 153 Å². The number of aromatic amines is 1. The normalized spacial score (nSPS) is 11.5. The fraction of sp³-hybridized carbons (Fsp3) is 0.208. The summed E-state index contributed by atoms with van der Waals surface area (Å²) in [6.45, 7) is 7.38. The molecule has 0 unspecified atom stereocenters. The standard InChI is InChI=1S/C24H25N7O2/c1-12-5-6-16-15(10-28-31-16)19(12)21-20(25)14(22(26)32)9-17(29-21)13-7-8-27-11-18(13)30-23(33)24(2,3)4/h5-11H,25H2,1-4H3,(H2,26,32)(H,28,31)(H,30,33). The summed E-state index contributed by atoms with van der Waals surface area (Å²) in [5.74, 6) is -0.856. The lowest BCUT2D eigenvalue weighted by molar-refractivity contribution is -0.123. The summed E-state index contributed by atoms with van der Waals surface area (Å²) in [7, 11) is 0. The number of fused-ring (bicyclic) bond motifs is 1. The molecule has 0 bridgehead atoms. The summed E-state index contributed by atoms with van der Waals surface area (Å²) in [5, 5.41) is 10.8. The lowest BCUT2D eigenvalue weighted by atomic mass is 9.95. The Bertz CT molecular complexity index is 1400. The molecule has 0 saturated heterocycles. The van der Waals surface area contributed by atoms with Crippen molar-refractivity contribution < 1.29 is 9.59 Å². The fourth-order valence-corrected chi connectivity index (χ4v) is 3.56. The smallest absolute Gasteiger partial charge is 0.250 e. The number of pyridine rings is 2. The average molecular weight is 444 g/mol. The first-order valence-electron chi connectivity index (χ1n) is 10.4. The van der Waals surface area contributed by atoms with E-state index in [1.807, 2.05) is 39.8 Å². The maximum Gasteiger partial charge on any atom is 0.250 e. The van der Waals surface area contributed by atoms with Crippen LogP contribution in [0.25, 0.3) is 33.4 Å². The number of nitrogen functional groups attached to an aromatic ring is 1. The number of nitrogens with two attached hydrogens (primary N) is 2. The van der Waals surface area contributed by atoms with E-state index >= 15 is 0 Å². The van der Waals surface area contributed by atoms with E-state index in [4.69, 9.17) is 16.5 Å². The zero-order valence-electron chi connectivity index (χ0n) is 18.9. The quantitative estimate of drug-likeness (QED) is 0.377. The number of benzene rings is 1. The summed E-state index contributed by atoms with van der Waals surface area (Å²) in [6.07, 6.45) is 4.82. The Morgan fingerprint density at radius 1 is 1.12 bits per heavy atom. The molecule has 3 heterocycles. The molecule has 33 heavy (non-hydrogen) atoms. The van der Waals surface area contributed by atoms with Gasteiger partial charge in [-0.1, -0.05) is 26.8 Å². The molecule has 0 fully saturated rings. The Hall–Kier alpha value is -4.27. The van der Waals surface area contributed by atoms with Crippen LogP contribution in [-0.2, 0) is 4.79 Å². The van der Waals surface area contributed by atoms with Crippen LogP contribution in [0.1, 0.15) is 36.7 Å². The number of hydrogen-bond acceptors (Lipinski definition) is 6. The molecular formula is C24H25N7O2. The molecule has 3 aromatic heterocycles. The van der Waals surface area contributed by atoms with Crippen molar-refractivity contribution in [3.05, 3.63) is 54.0 Å². The first-order valence-corrected chi connectivity index (χ1v) is 10.4. The molecule has 0 aliphatic rings. The van der Waals surface area contributed by atoms with E-state index in [0.717, 1.165) is 22.0 Å². The van der Waals surface area contributed by atoms with Crippen LogP contribution in [-0.4, -0.2) is 32.0 Å². The van der Waals surface area contributed by atoms with Gasteiger partial charge in [0.05, 0.1) is 46.2 Å². The van der Waals surface area contributed by atoms with Crippen LogP contribution >= 0.6 is 0 Å². The van der Waals surface area contributed by atoms with Crippen molar-refractivity contribution in [3.63, 3.8) is 0 Å². The van der Waals surface area contributed by atoms with Crippen molar-refractivity contribution in [2.45, 2.75) is 27.7 Å². The van der Waals surface area contributed by atoms with Crippen LogP contribution < -0.4 is 16.8 Å². The minimum atomic E-state index is -0.677. The second-order valence-corrected chi connectivity index (χ2v) is 8.90. The van der Waals surface area contributed by atoms with Gasteiger partial charge in [0.25, 0.3) is 5.91 Å². The molecule has 4 aromatic rings. The summed E-state index contributed by atoms with van der Waals surface area (Å²) >= 11 is 0. The highest BCUT2D eigenvalue weighted by Gasteiger charge is 2.24. The van der Waals surface area contributed by atoms with Gasteiger partial charge in [0.1, 0.15) is 0 Å².